The van der Waals surface area contributed by atoms with Gasteiger partial charge in [0.15, 0.2) is 0 Å². The van der Waals surface area contributed by atoms with Crippen molar-refractivity contribution in [3.63, 3.8) is 0 Å². The van der Waals surface area contributed by atoms with E-state index in [2.05, 4.69) is 71.9 Å². The Morgan fingerprint density at radius 1 is 1.00 bits per heavy atom. The summed E-state index contributed by atoms with van der Waals surface area (Å²) in [7, 11) is 0. The van der Waals surface area contributed by atoms with Crippen molar-refractivity contribution in [3.8, 4) is 0 Å². The molecule has 172 valence electrons. The number of aliphatic hydroxyl groups excluding tert-OH is 2. The fourth-order valence-electron chi connectivity index (χ4n) is 5.52. The average molecular weight is 434 g/mol. The Morgan fingerprint density at radius 2 is 1.66 bits per heavy atom. The van der Waals surface area contributed by atoms with Gasteiger partial charge < -0.3 is 10.2 Å². The molecule has 1 aromatic carbocycles. The van der Waals surface area contributed by atoms with Gasteiger partial charge >= 0.3 is 0 Å². The van der Waals surface area contributed by atoms with Gasteiger partial charge in [-0.2, -0.15) is 0 Å². The highest BCUT2D eigenvalue weighted by molar-refractivity contribution is 5.75. The molecule has 0 aliphatic heterocycles. The Kier molecular flexibility index (Phi) is 6.35. The highest BCUT2D eigenvalue weighted by Crippen LogP contribution is 2.48. The van der Waals surface area contributed by atoms with Crippen LogP contribution in [0.15, 0.2) is 30.3 Å². The maximum atomic E-state index is 11.7. The number of hydrogen-bond donors (Lipinski definition) is 2. The van der Waals surface area contributed by atoms with Gasteiger partial charge in [-0.25, -0.2) is 0 Å². The Hall–Kier alpha value is -1.97. The molecule has 0 fully saturated rings. The Bertz CT molecular complexity index is 1010. The molecule has 0 bridgehead atoms. The largest absolute Gasteiger partial charge is 0.388 e. The van der Waals surface area contributed by atoms with Crippen LogP contribution in [0.1, 0.15) is 130 Å². The zero-order chi connectivity index (χ0) is 23.2. The Labute approximate surface area is 193 Å². The second kappa shape index (κ2) is 8.76. The van der Waals surface area contributed by atoms with Crippen LogP contribution in [0, 0.1) is 5.41 Å². The fourth-order valence-corrected chi connectivity index (χ4v) is 5.52. The predicted octanol–water partition coefficient (Wildman–Crippen LogP) is 6.98. The zero-order valence-electron chi connectivity index (χ0n) is 20.6. The van der Waals surface area contributed by atoms with Crippen LogP contribution in [0.25, 0.3) is 5.57 Å². The Morgan fingerprint density at radius 3 is 2.22 bits per heavy atom. The number of nitrogens with zero attached hydrogens (tertiary/aromatic N) is 1. The number of allylic oxidation sites excluding steroid dienone is 2. The summed E-state index contributed by atoms with van der Waals surface area (Å²) in [5.41, 5.74) is 8.40. The molecule has 2 aliphatic rings. The van der Waals surface area contributed by atoms with E-state index in [4.69, 9.17) is 4.98 Å². The van der Waals surface area contributed by atoms with E-state index in [1.54, 1.807) is 0 Å². The van der Waals surface area contributed by atoms with E-state index in [0.717, 1.165) is 65.7 Å². The number of hydrogen-bond acceptors (Lipinski definition) is 3. The first kappa shape index (κ1) is 23.2. The maximum absolute atomic E-state index is 11.7. The lowest BCUT2D eigenvalue weighted by molar-refractivity contribution is 0.0972. The molecule has 0 spiro atoms. The van der Waals surface area contributed by atoms with Crippen molar-refractivity contribution in [2.45, 2.75) is 97.7 Å². The fraction of sp³-hybridized carbons (Fsp3) is 0.552. The molecule has 2 N–H and O–H groups in total. The minimum atomic E-state index is -0.759. The monoisotopic (exact) mass is 433 g/mol. The van der Waals surface area contributed by atoms with Gasteiger partial charge in [0.25, 0.3) is 0 Å². The molecular formula is C29H39NO2. The quantitative estimate of drug-likeness (QED) is 0.534. The molecule has 3 heteroatoms. The zero-order valence-corrected chi connectivity index (χ0v) is 20.6. The van der Waals surface area contributed by atoms with Gasteiger partial charge in [0.05, 0.1) is 6.10 Å². The molecule has 1 aromatic heterocycles. The molecule has 2 atom stereocenters. The van der Waals surface area contributed by atoms with Gasteiger partial charge in [0, 0.05) is 22.5 Å². The maximum Gasteiger partial charge on any atom is 0.106 e. The summed E-state index contributed by atoms with van der Waals surface area (Å²) in [6.45, 7) is 13.1. The van der Waals surface area contributed by atoms with Gasteiger partial charge in [-0.05, 0) is 71.6 Å². The number of fused-ring (bicyclic) bond motifs is 1. The second-order valence-electron chi connectivity index (χ2n) is 11.2. The number of pyridine rings is 1. The van der Waals surface area contributed by atoms with E-state index < -0.39 is 12.2 Å². The SMILES string of the molecule is CC(C)c1ccc(C(O)c2c(C(C)C)nc3c(c2C2=CCCC2)C(O)CC(C)(C)C3)cc1. The summed E-state index contributed by atoms with van der Waals surface area (Å²) in [6.07, 6.45) is 5.77. The molecule has 4 rings (SSSR count). The van der Waals surface area contributed by atoms with Crippen molar-refractivity contribution in [1.82, 2.24) is 4.98 Å². The lowest BCUT2D eigenvalue weighted by Gasteiger charge is -2.37. The van der Waals surface area contributed by atoms with Crippen molar-refractivity contribution in [2.75, 3.05) is 0 Å². The first-order chi connectivity index (χ1) is 15.1. The topological polar surface area (TPSA) is 53.4 Å². The molecule has 3 nitrogen and oxygen atoms in total. The summed E-state index contributed by atoms with van der Waals surface area (Å²) < 4.78 is 0. The molecule has 0 saturated carbocycles. The second-order valence-corrected chi connectivity index (χ2v) is 11.2. The van der Waals surface area contributed by atoms with Crippen molar-refractivity contribution >= 4 is 5.57 Å². The van der Waals surface area contributed by atoms with Crippen molar-refractivity contribution in [1.29, 1.82) is 0 Å². The smallest absolute Gasteiger partial charge is 0.106 e. The summed E-state index contributed by atoms with van der Waals surface area (Å²) in [5, 5.41) is 23.0. The Balaban J connectivity index is 1.95. The van der Waals surface area contributed by atoms with Crippen LogP contribution in [-0.2, 0) is 6.42 Å². The van der Waals surface area contributed by atoms with Gasteiger partial charge in [-0.15, -0.1) is 0 Å². The van der Waals surface area contributed by atoms with Crippen molar-refractivity contribution in [3.05, 3.63) is 69.5 Å². The number of rotatable bonds is 5. The standard InChI is InChI=1S/C29H39NO2/c1-17(2)19-11-13-21(14-12-19)28(32)26-24(20-9-7-8-10-20)25-22(30-27(26)18(3)4)15-29(5,6)16-23(25)31/h9,11-14,17-18,23,28,31-32H,7-8,10,15-16H2,1-6H3. The number of aromatic nitrogens is 1. The molecule has 0 amide bonds. The molecule has 32 heavy (non-hydrogen) atoms. The highest BCUT2D eigenvalue weighted by Gasteiger charge is 2.38. The van der Waals surface area contributed by atoms with Crippen LogP contribution in [0.3, 0.4) is 0 Å². The van der Waals surface area contributed by atoms with Gasteiger partial charge in [-0.3, -0.25) is 4.98 Å². The molecule has 2 unspecified atom stereocenters. The molecule has 0 radical (unpaired) electrons. The molecule has 2 aromatic rings. The van der Waals surface area contributed by atoms with Crippen LogP contribution < -0.4 is 0 Å². The third kappa shape index (κ3) is 4.30. The summed E-state index contributed by atoms with van der Waals surface area (Å²) in [5.74, 6) is 0.637. The van der Waals surface area contributed by atoms with Crippen LogP contribution in [-0.4, -0.2) is 15.2 Å². The van der Waals surface area contributed by atoms with E-state index >= 15 is 0 Å². The normalized spacial score (nSPS) is 21.1. The van der Waals surface area contributed by atoms with Gasteiger partial charge in [0.2, 0.25) is 0 Å². The van der Waals surface area contributed by atoms with Gasteiger partial charge in [-0.1, -0.05) is 71.9 Å². The average Bonchev–Trinajstić information content (AvgIpc) is 3.25. The third-order valence-corrected chi connectivity index (χ3v) is 7.21. The first-order valence-electron chi connectivity index (χ1n) is 12.3. The minimum absolute atomic E-state index is 0.0157. The first-order valence-corrected chi connectivity index (χ1v) is 12.3. The molecular weight excluding hydrogens is 394 g/mol. The lowest BCUT2D eigenvalue weighted by Crippen LogP contribution is -2.29. The predicted molar refractivity (Wildman–Crippen MR) is 132 cm³/mol. The van der Waals surface area contributed by atoms with E-state index in [9.17, 15) is 10.2 Å². The third-order valence-electron chi connectivity index (χ3n) is 7.21. The van der Waals surface area contributed by atoms with Crippen molar-refractivity contribution in [2.24, 2.45) is 5.41 Å². The van der Waals surface area contributed by atoms with E-state index in [0.29, 0.717) is 5.92 Å². The van der Waals surface area contributed by atoms with Gasteiger partial charge in [0.1, 0.15) is 6.10 Å². The molecule has 1 heterocycles. The number of benzene rings is 1. The van der Waals surface area contributed by atoms with Crippen LogP contribution >= 0.6 is 0 Å². The van der Waals surface area contributed by atoms with E-state index in [-0.39, 0.29) is 11.3 Å². The molecule has 0 saturated heterocycles. The summed E-state index contributed by atoms with van der Waals surface area (Å²) in [6, 6.07) is 8.35. The van der Waals surface area contributed by atoms with Crippen LogP contribution in [0.5, 0.6) is 0 Å². The van der Waals surface area contributed by atoms with Crippen LogP contribution in [0.2, 0.25) is 0 Å². The lowest BCUT2D eigenvalue weighted by atomic mass is 9.71. The van der Waals surface area contributed by atoms with E-state index in [1.165, 1.54) is 11.1 Å². The minimum Gasteiger partial charge on any atom is -0.388 e. The highest BCUT2D eigenvalue weighted by atomic mass is 16.3. The summed E-state index contributed by atoms with van der Waals surface area (Å²) >= 11 is 0. The molecule has 2 aliphatic carbocycles. The van der Waals surface area contributed by atoms with Crippen molar-refractivity contribution < 1.29 is 10.2 Å². The summed E-state index contributed by atoms with van der Waals surface area (Å²) in [4.78, 5) is 5.14. The number of aliphatic hydroxyl groups is 2. The van der Waals surface area contributed by atoms with Crippen LogP contribution in [0.4, 0.5) is 0 Å². The van der Waals surface area contributed by atoms with E-state index in [1.807, 2.05) is 0 Å².